The predicted octanol–water partition coefficient (Wildman–Crippen LogP) is 5.78. The normalized spacial score (nSPS) is 19.5. The highest BCUT2D eigenvalue weighted by molar-refractivity contribution is 5.59. The summed E-state index contributed by atoms with van der Waals surface area (Å²) in [7, 11) is 3.36. The standard InChI is InChI=1S/C25H36N2O3/c1-25(2,3)20-11-13-21(14-12-20)27(30-17-19-9-7-6-8-10-19)23-15-16-26-22(18-28-4)24(23)29-5/h6-10,15-16,20-21H,11-14,17-18H2,1-5H3/t20-,21+. The number of hydroxylamine groups is 1. The van der Waals surface area contributed by atoms with Crippen molar-refractivity contribution in [2.24, 2.45) is 11.3 Å². The lowest BCUT2D eigenvalue weighted by molar-refractivity contribution is 0.0493. The van der Waals surface area contributed by atoms with E-state index in [0.29, 0.717) is 24.7 Å². The Morgan fingerprint density at radius 1 is 0.967 bits per heavy atom. The van der Waals surface area contributed by atoms with E-state index >= 15 is 0 Å². The maximum Gasteiger partial charge on any atom is 0.168 e. The Morgan fingerprint density at radius 3 is 2.27 bits per heavy atom. The molecule has 0 aliphatic heterocycles. The van der Waals surface area contributed by atoms with Gasteiger partial charge in [-0.05, 0) is 48.6 Å². The Balaban J connectivity index is 1.86. The Labute approximate surface area is 181 Å². The predicted molar refractivity (Wildman–Crippen MR) is 120 cm³/mol. The van der Waals surface area contributed by atoms with Crippen LogP contribution >= 0.6 is 0 Å². The highest BCUT2D eigenvalue weighted by atomic mass is 16.7. The molecule has 0 unspecified atom stereocenters. The van der Waals surface area contributed by atoms with Gasteiger partial charge in [-0.15, -0.1) is 0 Å². The molecule has 164 valence electrons. The third kappa shape index (κ3) is 5.52. The van der Waals surface area contributed by atoms with Gasteiger partial charge in [-0.3, -0.25) is 9.82 Å². The number of nitrogens with zero attached hydrogens (tertiary/aromatic N) is 2. The quantitative estimate of drug-likeness (QED) is 0.514. The van der Waals surface area contributed by atoms with E-state index in [4.69, 9.17) is 14.3 Å². The number of rotatable bonds is 8. The van der Waals surface area contributed by atoms with Crippen molar-refractivity contribution in [2.45, 2.75) is 65.7 Å². The fraction of sp³-hybridized carbons (Fsp3) is 0.560. The van der Waals surface area contributed by atoms with Crippen molar-refractivity contribution in [2.75, 3.05) is 19.3 Å². The van der Waals surface area contributed by atoms with Crippen LogP contribution in [0.1, 0.15) is 57.7 Å². The smallest absolute Gasteiger partial charge is 0.168 e. The molecule has 30 heavy (non-hydrogen) atoms. The van der Waals surface area contributed by atoms with Gasteiger partial charge in [0, 0.05) is 13.3 Å². The molecule has 5 nitrogen and oxygen atoms in total. The SMILES string of the molecule is COCc1nccc(N(OCc2ccccc2)[C@H]2CC[C@@H](C(C)(C)C)CC2)c1OC. The van der Waals surface area contributed by atoms with Crippen molar-refractivity contribution in [1.82, 2.24) is 4.98 Å². The lowest BCUT2D eigenvalue weighted by Gasteiger charge is -2.41. The molecule has 0 atom stereocenters. The maximum absolute atomic E-state index is 6.43. The first-order valence-corrected chi connectivity index (χ1v) is 10.9. The average molecular weight is 413 g/mol. The summed E-state index contributed by atoms with van der Waals surface area (Å²) in [4.78, 5) is 10.9. The van der Waals surface area contributed by atoms with Crippen LogP contribution in [0.5, 0.6) is 5.75 Å². The zero-order valence-corrected chi connectivity index (χ0v) is 19.1. The maximum atomic E-state index is 6.43. The summed E-state index contributed by atoms with van der Waals surface area (Å²) in [6.07, 6.45) is 6.42. The summed E-state index contributed by atoms with van der Waals surface area (Å²) in [5.74, 6) is 1.47. The number of aromatic nitrogens is 1. The van der Waals surface area contributed by atoms with Gasteiger partial charge in [-0.1, -0.05) is 51.1 Å². The molecule has 0 bridgehead atoms. The molecule has 0 spiro atoms. The average Bonchev–Trinajstić information content (AvgIpc) is 2.75. The first kappa shape index (κ1) is 22.6. The van der Waals surface area contributed by atoms with E-state index in [1.165, 1.54) is 12.8 Å². The highest BCUT2D eigenvalue weighted by Gasteiger charge is 2.34. The zero-order valence-electron chi connectivity index (χ0n) is 19.1. The Bertz CT molecular complexity index is 781. The third-order valence-electron chi connectivity index (χ3n) is 6.15. The Hall–Kier alpha value is -2.11. The van der Waals surface area contributed by atoms with Gasteiger partial charge in [0.25, 0.3) is 0 Å². The number of hydrogen-bond donors (Lipinski definition) is 0. The molecular weight excluding hydrogens is 376 g/mol. The molecule has 3 rings (SSSR count). The number of benzene rings is 1. The van der Waals surface area contributed by atoms with Gasteiger partial charge in [0.2, 0.25) is 0 Å². The van der Waals surface area contributed by atoms with Crippen molar-refractivity contribution in [3.05, 3.63) is 53.9 Å². The molecular formula is C25H36N2O3. The molecule has 2 aromatic rings. The lowest BCUT2D eigenvalue weighted by atomic mass is 9.71. The largest absolute Gasteiger partial charge is 0.492 e. The monoisotopic (exact) mass is 412 g/mol. The number of methoxy groups -OCH3 is 2. The Kier molecular flexibility index (Phi) is 7.73. The molecule has 1 aliphatic rings. The van der Waals surface area contributed by atoms with Crippen LogP contribution in [0.3, 0.4) is 0 Å². The summed E-state index contributed by atoms with van der Waals surface area (Å²) in [6, 6.07) is 12.6. The van der Waals surface area contributed by atoms with Gasteiger partial charge in [0.1, 0.15) is 11.4 Å². The summed E-state index contributed by atoms with van der Waals surface area (Å²) in [6.45, 7) is 7.98. The molecule has 1 fully saturated rings. The van der Waals surface area contributed by atoms with Crippen LogP contribution in [-0.4, -0.2) is 25.2 Å². The van der Waals surface area contributed by atoms with Crippen LogP contribution in [0.25, 0.3) is 0 Å². The topological polar surface area (TPSA) is 43.8 Å². The molecule has 1 aliphatic carbocycles. The summed E-state index contributed by atoms with van der Waals surface area (Å²) in [5, 5.41) is 2.07. The molecule has 5 heteroatoms. The fourth-order valence-electron chi connectivity index (χ4n) is 4.38. The van der Waals surface area contributed by atoms with Crippen molar-refractivity contribution in [3.63, 3.8) is 0 Å². The van der Waals surface area contributed by atoms with E-state index < -0.39 is 0 Å². The van der Waals surface area contributed by atoms with Gasteiger partial charge >= 0.3 is 0 Å². The van der Waals surface area contributed by atoms with Crippen molar-refractivity contribution in [1.29, 1.82) is 0 Å². The van der Waals surface area contributed by atoms with Gasteiger partial charge in [0.15, 0.2) is 5.75 Å². The number of pyridine rings is 1. The van der Waals surface area contributed by atoms with Crippen molar-refractivity contribution in [3.8, 4) is 5.75 Å². The van der Waals surface area contributed by atoms with Crippen LogP contribution in [0.4, 0.5) is 5.69 Å². The molecule has 1 saturated carbocycles. The van der Waals surface area contributed by atoms with E-state index in [1.54, 1.807) is 14.2 Å². The molecule has 1 aromatic heterocycles. The summed E-state index contributed by atoms with van der Waals surface area (Å²) in [5.41, 5.74) is 3.21. The Morgan fingerprint density at radius 2 is 1.67 bits per heavy atom. The minimum atomic E-state index is 0.305. The number of hydrogen-bond acceptors (Lipinski definition) is 5. The molecule has 1 heterocycles. The van der Waals surface area contributed by atoms with Gasteiger partial charge in [-0.2, -0.15) is 0 Å². The fourth-order valence-corrected chi connectivity index (χ4v) is 4.38. The highest BCUT2D eigenvalue weighted by Crippen LogP contribution is 2.42. The summed E-state index contributed by atoms with van der Waals surface area (Å²) >= 11 is 0. The first-order chi connectivity index (χ1) is 14.4. The molecule has 0 N–H and O–H groups in total. The van der Waals surface area contributed by atoms with Crippen LogP contribution < -0.4 is 9.80 Å². The van der Waals surface area contributed by atoms with E-state index in [9.17, 15) is 0 Å². The number of ether oxygens (including phenoxy) is 2. The van der Waals surface area contributed by atoms with Crippen LogP contribution in [0.2, 0.25) is 0 Å². The molecule has 1 aromatic carbocycles. The van der Waals surface area contributed by atoms with E-state index in [1.807, 2.05) is 30.5 Å². The zero-order chi connectivity index (χ0) is 21.6. The van der Waals surface area contributed by atoms with E-state index in [0.717, 1.165) is 41.5 Å². The lowest BCUT2D eigenvalue weighted by Crippen LogP contribution is -2.40. The van der Waals surface area contributed by atoms with Gasteiger partial charge < -0.3 is 9.47 Å². The molecule has 0 radical (unpaired) electrons. The second-order valence-corrected chi connectivity index (χ2v) is 9.20. The van der Waals surface area contributed by atoms with E-state index in [-0.39, 0.29) is 0 Å². The van der Waals surface area contributed by atoms with Gasteiger partial charge in [0.05, 0.1) is 26.4 Å². The van der Waals surface area contributed by atoms with Crippen molar-refractivity contribution < 1.29 is 14.3 Å². The minimum absolute atomic E-state index is 0.305. The number of anilines is 1. The van der Waals surface area contributed by atoms with Crippen LogP contribution in [-0.2, 0) is 22.8 Å². The second-order valence-electron chi connectivity index (χ2n) is 9.20. The molecule has 0 amide bonds. The van der Waals surface area contributed by atoms with Crippen molar-refractivity contribution >= 4 is 5.69 Å². The molecule has 0 saturated heterocycles. The second kappa shape index (κ2) is 10.3. The first-order valence-electron chi connectivity index (χ1n) is 10.9. The van der Waals surface area contributed by atoms with E-state index in [2.05, 4.69) is 43.0 Å². The summed E-state index contributed by atoms with van der Waals surface area (Å²) < 4.78 is 11.1. The van der Waals surface area contributed by atoms with Crippen LogP contribution in [0, 0.1) is 11.3 Å². The van der Waals surface area contributed by atoms with Crippen LogP contribution in [0.15, 0.2) is 42.6 Å². The minimum Gasteiger partial charge on any atom is -0.492 e. The third-order valence-corrected chi connectivity index (χ3v) is 6.15. The van der Waals surface area contributed by atoms with Gasteiger partial charge in [-0.25, -0.2) is 5.06 Å².